The van der Waals surface area contributed by atoms with Crippen molar-refractivity contribution in [2.45, 2.75) is 26.9 Å². The summed E-state index contributed by atoms with van der Waals surface area (Å²) < 4.78 is 7.82. The van der Waals surface area contributed by atoms with Crippen molar-refractivity contribution in [1.82, 2.24) is 19.6 Å². The predicted octanol–water partition coefficient (Wildman–Crippen LogP) is 2.79. The maximum Gasteiger partial charge on any atom is 0.313 e. The molecule has 23 heavy (non-hydrogen) atoms. The second kappa shape index (κ2) is 6.45. The molecule has 118 valence electrons. The van der Waals surface area contributed by atoms with Crippen molar-refractivity contribution < 1.29 is 9.53 Å². The van der Waals surface area contributed by atoms with Gasteiger partial charge in [-0.05, 0) is 26.0 Å². The van der Waals surface area contributed by atoms with E-state index in [9.17, 15) is 4.79 Å². The normalized spacial score (nSPS) is 10.9. The summed E-state index contributed by atoms with van der Waals surface area (Å²) in [6.45, 7) is 4.03. The molecule has 0 aliphatic heterocycles. The number of carbonyl (C=O) groups excluding carboxylic acids is 1. The van der Waals surface area contributed by atoms with Crippen LogP contribution in [0.3, 0.4) is 0 Å². The molecule has 0 aliphatic rings. The Morgan fingerprint density at radius 3 is 2.83 bits per heavy atom. The van der Waals surface area contributed by atoms with Gasteiger partial charge in [-0.2, -0.15) is 4.98 Å². The molecule has 0 N–H and O–H groups in total. The van der Waals surface area contributed by atoms with E-state index < -0.39 is 0 Å². The van der Waals surface area contributed by atoms with Crippen LogP contribution in [0.15, 0.2) is 34.8 Å². The highest BCUT2D eigenvalue weighted by molar-refractivity contribution is 9.10. The van der Waals surface area contributed by atoms with Crippen LogP contribution < -0.4 is 0 Å². The molecule has 0 unspecified atom stereocenters. The monoisotopic (exact) mass is 374 g/mol. The minimum atomic E-state index is -0.369. The van der Waals surface area contributed by atoms with Crippen LogP contribution in [0.4, 0.5) is 0 Å². The van der Waals surface area contributed by atoms with E-state index >= 15 is 0 Å². The second-order valence-electron chi connectivity index (χ2n) is 5.21. The van der Waals surface area contributed by atoms with Crippen LogP contribution in [-0.4, -0.2) is 25.6 Å². The number of aromatic nitrogens is 4. The number of fused-ring (bicyclic) bond motifs is 1. The summed E-state index contributed by atoms with van der Waals surface area (Å²) in [7, 11) is 0. The van der Waals surface area contributed by atoms with Gasteiger partial charge in [0.1, 0.15) is 13.0 Å². The first-order chi connectivity index (χ1) is 11.0. The highest BCUT2D eigenvalue weighted by atomic mass is 79.9. The molecule has 0 amide bonds. The van der Waals surface area contributed by atoms with Gasteiger partial charge in [0.05, 0.1) is 0 Å². The van der Waals surface area contributed by atoms with Crippen molar-refractivity contribution in [2.75, 3.05) is 0 Å². The first-order valence-corrected chi connectivity index (χ1v) is 7.91. The lowest BCUT2D eigenvalue weighted by molar-refractivity contribution is -0.144. The smallest absolute Gasteiger partial charge is 0.313 e. The number of rotatable bonds is 4. The minimum absolute atomic E-state index is 0.0201. The molecule has 3 aromatic rings. The lowest BCUT2D eigenvalue weighted by Gasteiger charge is -2.05. The first kappa shape index (κ1) is 15.6. The third-order valence-corrected chi connectivity index (χ3v) is 4.08. The molecule has 0 spiro atoms. The van der Waals surface area contributed by atoms with Gasteiger partial charge in [0, 0.05) is 21.4 Å². The average Bonchev–Trinajstić information content (AvgIpc) is 2.89. The van der Waals surface area contributed by atoms with E-state index in [-0.39, 0.29) is 19.0 Å². The molecule has 2 heterocycles. The third-order valence-electron chi connectivity index (χ3n) is 3.31. The van der Waals surface area contributed by atoms with Crippen molar-refractivity contribution >= 4 is 27.7 Å². The van der Waals surface area contributed by atoms with Crippen LogP contribution in [0, 0.1) is 13.8 Å². The molecular weight excluding hydrogens is 360 g/mol. The zero-order chi connectivity index (χ0) is 16.4. The van der Waals surface area contributed by atoms with Crippen LogP contribution in [0.1, 0.15) is 22.8 Å². The molecule has 2 aromatic heterocycles. The number of halogens is 1. The van der Waals surface area contributed by atoms with Gasteiger partial charge >= 0.3 is 5.97 Å². The van der Waals surface area contributed by atoms with E-state index in [0.29, 0.717) is 11.6 Å². The minimum Gasteiger partial charge on any atom is -0.460 e. The van der Waals surface area contributed by atoms with Crippen LogP contribution in [0.2, 0.25) is 0 Å². The number of hydrogen-bond donors (Lipinski definition) is 0. The third kappa shape index (κ3) is 3.56. The highest BCUT2D eigenvalue weighted by Gasteiger charge is 2.13. The first-order valence-electron chi connectivity index (χ1n) is 7.12. The number of nitrogens with zero attached hydrogens (tertiary/aromatic N) is 4. The second-order valence-corrected chi connectivity index (χ2v) is 6.06. The lowest BCUT2D eigenvalue weighted by Crippen LogP contribution is -2.09. The summed E-state index contributed by atoms with van der Waals surface area (Å²) >= 11 is 3.42. The molecule has 1 aromatic carbocycles. The number of hydrogen-bond acceptors (Lipinski definition) is 5. The number of benzene rings is 1. The number of aryl methyl sites for hydroxylation is 2. The quantitative estimate of drug-likeness (QED) is 0.656. The molecule has 0 bridgehead atoms. The van der Waals surface area contributed by atoms with Gasteiger partial charge < -0.3 is 4.74 Å². The predicted molar refractivity (Wildman–Crippen MR) is 87.9 cm³/mol. The molecule has 0 saturated heterocycles. The standard InChI is InChI=1S/C16H15BrN4O2/c1-10-7-11(2)21-16(18-10)19-14(20-21)8-15(22)23-9-12-5-3-4-6-13(12)17/h3-7H,8-9H2,1-2H3. The van der Waals surface area contributed by atoms with Gasteiger partial charge in [-0.1, -0.05) is 34.1 Å². The van der Waals surface area contributed by atoms with Gasteiger partial charge in [-0.25, -0.2) is 9.50 Å². The summed E-state index contributed by atoms with van der Waals surface area (Å²) in [5, 5.41) is 4.30. The largest absolute Gasteiger partial charge is 0.460 e. The van der Waals surface area contributed by atoms with E-state index in [1.54, 1.807) is 4.52 Å². The SMILES string of the molecule is Cc1cc(C)n2nc(CC(=O)OCc3ccccc3Br)nc2n1. The highest BCUT2D eigenvalue weighted by Crippen LogP contribution is 2.16. The maximum absolute atomic E-state index is 12.0. The summed E-state index contributed by atoms with van der Waals surface area (Å²) in [5.41, 5.74) is 2.70. The van der Waals surface area contributed by atoms with Crippen LogP contribution in [0.5, 0.6) is 0 Å². The number of ether oxygens (including phenoxy) is 1. The van der Waals surface area contributed by atoms with Crippen molar-refractivity contribution in [3.05, 3.63) is 57.6 Å². The molecule has 0 aliphatic carbocycles. The summed E-state index contributed by atoms with van der Waals surface area (Å²) in [4.78, 5) is 20.6. The van der Waals surface area contributed by atoms with E-state index in [1.807, 2.05) is 44.2 Å². The van der Waals surface area contributed by atoms with Crippen LogP contribution in [-0.2, 0) is 22.6 Å². The van der Waals surface area contributed by atoms with Crippen LogP contribution in [0.25, 0.3) is 5.78 Å². The molecular formula is C16H15BrN4O2. The van der Waals surface area contributed by atoms with Crippen molar-refractivity contribution in [2.24, 2.45) is 0 Å². The van der Waals surface area contributed by atoms with Crippen molar-refractivity contribution in [3.8, 4) is 0 Å². The Hall–Kier alpha value is -2.28. The lowest BCUT2D eigenvalue weighted by atomic mass is 10.2. The Balaban J connectivity index is 1.68. The van der Waals surface area contributed by atoms with Gasteiger partial charge in [-0.15, -0.1) is 5.10 Å². The van der Waals surface area contributed by atoms with Gasteiger partial charge in [0.15, 0.2) is 5.82 Å². The molecule has 0 radical (unpaired) electrons. The summed E-state index contributed by atoms with van der Waals surface area (Å²) in [6.07, 6.45) is 0.0201. The number of carbonyl (C=O) groups is 1. The summed E-state index contributed by atoms with van der Waals surface area (Å²) in [6, 6.07) is 9.53. The van der Waals surface area contributed by atoms with Crippen LogP contribution >= 0.6 is 15.9 Å². The Bertz CT molecular complexity index is 876. The van der Waals surface area contributed by atoms with E-state index in [2.05, 4.69) is 31.0 Å². The molecule has 0 saturated carbocycles. The zero-order valence-electron chi connectivity index (χ0n) is 12.8. The van der Waals surface area contributed by atoms with E-state index in [1.165, 1.54) is 0 Å². The number of esters is 1. The Kier molecular flexibility index (Phi) is 4.38. The maximum atomic E-state index is 12.0. The topological polar surface area (TPSA) is 69.4 Å². The van der Waals surface area contributed by atoms with Gasteiger partial charge in [0.25, 0.3) is 5.78 Å². The fourth-order valence-electron chi connectivity index (χ4n) is 2.24. The van der Waals surface area contributed by atoms with Crippen molar-refractivity contribution in [1.29, 1.82) is 0 Å². The van der Waals surface area contributed by atoms with Gasteiger partial charge in [0.2, 0.25) is 0 Å². The molecule has 0 atom stereocenters. The zero-order valence-corrected chi connectivity index (χ0v) is 14.4. The average molecular weight is 375 g/mol. The molecule has 3 rings (SSSR count). The molecule has 0 fully saturated rings. The fourth-order valence-corrected chi connectivity index (χ4v) is 2.64. The summed E-state index contributed by atoms with van der Waals surface area (Å²) in [5.74, 6) is 0.533. The molecule has 7 heteroatoms. The fraction of sp³-hybridized carbons (Fsp3) is 0.250. The van der Waals surface area contributed by atoms with E-state index in [0.717, 1.165) is 21.4 Å². The molecule has 6 nitrogen and oxygen atoms in total. The Morgan fingerprint density at radius 2 is 2.04 bits per heavy atom. The van der Waals surface area contributed by atoms with E-state index in [4.69, 9.17) is 4.74 Å². The van der Waals surface area contributed by atoms with Gasteiger partial charge in [-0.3, -0.25) is 4.79 Å². The Labute approximate surface area is 141 Å². The van der Waals surface area contributed by atoms with Crippen molar-refractivity contribution in [3.63, 3.8) is 0 Å². The Morgan fingerprint density at radius 1 is 1.26 bits per heavy atom.